The molecule has 29 heavy (non-hydrogen) atoms. The molecule has 7 nitrogen and oxygen atoms in total. The van der Waals surface area contributed by atoms with E-state index in [1.54, 1.807) is 16.5 Å². The van der Waals surface area contributed by atoms with Gasteiger partial charge in [-0.2, -0.15) is 0 Å². The number of para-hydroxylation sites is 1. The van der Waals surface area contributed by atoms with E-state index in [4.69, 9.17) is 0 Å². The topological polar surface area (TPSA) is 87.2 Å². The summed E-state index contributed by atoms with van der Waals surface area (Å²) in [7, 11) is 0. The summed E-state index contributed by atoms with van der Waals surface area (Å²) < 4.78 is 0. The number of thiazole rings is 1. The van der Waals surface area contributed by atoms with Crippen LogP contribution in [0.5, 0.6) is 0 Å². The molecule has 0 saturated heterocycles. The molecule has 0 bridgehead atoms. The lowest BCUT2D eigenvalue weighted by molar-refractivity contribution is 0.0946. The van der Waals surface area contributed by atoms with Gasteiger partial charge in [0.2, 0.25) is 0 Å². The Balaban J connectivity index is 1.60. The molecule has 0 spiro atoms. The van der Waals surface area contributed by atoms with Gasteiger partial charge in [0.15, 0.2) is 0 Å². The van der Waals surface area contributed by atoms with Crippen LogP contribution < -0.4 is 10.6 Å². The van der Waals surface area contributed by atoms with Gasteiger partial charge in [-0.05, 0) is 38.1 Å². The van der Waals surface area contributed by atoms with Crippen LogP contribution in [0.1, 0.15) is 35.0 Å². The summed E-state index contributed by atoms with van der Waals surface area (Å²) in [6.45, 7) is 4.55. The molecule has 0 radical (unpaired) electrons. The number of aromatic nitrogens is 2. The maximum absolute atomic E-state index is 12.7. The van der Waals surface area contributed by atoms with Gasteiger partial charge < -0.3 is 15.5 Å². The minimum Gasteiger partial charge on any atom is -0.345 e. The maximum Gasteiger partial charge on any atom is 0.322 e. The minimum absolute atomic E-state index is 0.0240. The molecule has 0 saturated carbocycles. The first-order chi connectivity index (χ1) is 14.0. The molecule has 0 aliphatic heterocycles. The highest BCUT2D eigenvalue weighted by Gasteiger charge is 2.20. The summed E-state index contributed by atoms with van der Waals surface area (Å²) in [5, 5.41) is 8.10. The second-order valence-corrected chi connectivity index (χ2v) is 7.59. The van der Waals surface area contributed by atoms with E-state index in [2.05, 4.69) is 20.6 Å². The van der Waals surface area contributed by atoms with Crippen LogP contribution in [0.15, 0.2) is 60.1 Å². The number of urea groups is 1. The van der Waals surface area contributed by atoms with Crippen LogP contribution in [-0.2, 0) is 13.1 Å². The monoisotopic (exact) mass is 409 g/mol. The average Bonchev–Trinajstić information content (AvgIpc) is 3.20. The number of carbonyl (C=O) groups excluding carboxylic acids is 2. The predicted octanol–water partition coefficient (Wildman–Crippen LogP) is 3.91. The van der Waals surface area contributed by atoms with Crippen LogP contribution in [0.3, 0.4) is 0 Å². The van der Waals surface area contributed by atoms with Crippen molar-refractivity contribution in [3.63, 3.8) is 0 Å². The predicted molar refractivity (Wildman–Crippen MR) is 114 cm³/mol. The van der Waals surface area contributed by atoms with Gasteiger partial charge in [-0.1, -0.05) is 24.3 Å². The summed E-state index contributed by atoms with van der Waals surface area (Å²) in [4.78, 5) is 35.3. The minimum atomic E-state index is -0.261. The highest BCUT2D eigenvalue weighted by atomic mass is 32.1. The molecule has 1 aromatic carbocycles. The number of anilines is 1. The van der Waals surface area contributed by atoms with E-state index in [9.17, 15) is 9.59 Å². The van der Waals surface area contributed by atoms with Crippen molar-refractivity contribution in [2.45, 2.75) is 33.0 Å². The van der Waals surface area contributed by atoms with Gasteiger partial charge in [-0.25, -0.2) is 9.78 Å². The van der Waals surface area contributed by atoms with E-state index < -0.39 is 0 Å². The molecule has 3 amide bonds. The number of rotatable bonds is 7. The van der Waals surface area contributed by atoms with Crippen LogP contribution in [0.2, 0.25) is 0 Å². The normalized spacial score (nSPS) is 10.6. The Morgan fingerprint density at radius 2 is 1.86 bits per heavy atom. The average molecular weight is 410 g/mol. The smallest absolute Gasteiger partial charge is 0.322 e. The van der Waals surface area contributed by atoms with Crippen LogP contribution >= 0.6 is 11.3 Å². The molecule has 3 rings (SSSR count). The van der Waals surface area contributed by atoms with Crippen molar-refractivity contribution in [2.75, 3.05) is 5.32 Å². The standard InChI is InChI=1S/C21H23N5O2S/c1-15(2)26(21(28)24-16-8-4-3-5-9-16)13-19-25-18(14-29-19)20(27)23-12-17-10-6-7-11-22-17/h3-11,14-15H,12-13H2,1-2H3,(H,23,27)(H,24,28). The molecule has 2 N–H and O–H groups in total. The lowest BCUT2D eigenvalue weighted by Gasteiger charge is -2.26. The third-order valence-electron chi connectivity index (χ3n) is 4.16. The number of carbonyl (C=O) groups is 2. The van der Waals surface area contributed by atoms with Crippen LogP contribution in [0, 0.1) is 0 Å². The van der Waals surface area contributed by atoms with E-state index >= 15 is 0 Å². The molecule has 2 aromatic heterocycles. The van der Waals surface area contributed by atoms with E-state index in [1.165, 1.54) is 11.3 Å². The van der Waals surface area contributed by atoms with Crippen molar-refractivity contribution < 1.29 is 9.59 Å². The van der Waals surface area contributed by atoms with E-state index in [0.29, 0.717) is 23.8 Å². The first kappa shape index (κ1) is 20.5. The molecule has 0 aliphatic rings. The van der Waals surface area contributed by atoms with E-state index in [-0.39, 0.29) is 18.0 Å². The molecule has 0 atom stereocenters. The van der Waals surface area contributed by atoms with E-state index in [0.717, 1.165) is 11.4 Å². The Kier molecular flexibility index (Phi) is 6.91. The van der Waals surface area contributed by atoms with Crippen LogP contribution in [0.25, 0.3) is 0 Å². The Bertz CT molecular complexity index is 944. The van der Waals surface area contributed by atoms with Crippen molar-refractivity contribution in [3.05, 3.63) is 76.5 Å². The largest absolute Gasteiger partial charge is 0.345 e. The van der Waals surface area contributed by atoms with Crippen molar-refractivity contribution in [1.29, 1.82) is 0 Å². The summed E-state index contributed by atoms with van der Waals surface area (Å²) in [5.41, 5.74) is 1.85. The van der Waals surface area contributed by atoms with E-state index in [1.807, 2.05) is 62.4 Å². The van der Waals surface area contributed by atoms with Crippen LogP contribution in [0.4, 0.5) is 10.5 Å². The number of hydrogen-bond donors (Lipinski definition) is 2. The Morgan fingerprint density at radius 1 is 1.10 bits per heavy atom. The SMILES string of the molecule is CC(C)N(Cc1nc(C(=O)NCc2ccccn2)cs1)C(=O)Nc1ccccc1. The fourth-order valence-corrected chi connectivity index (χ4v) is 3.38. The Morgan fingerprint density at radius 3 is 2.55 bits per heavy atom. The zero-order valence-corrected chi connectivity index (χ0v) is 17.1. The zero-order valence-electron chi connectivity index (χ0n) is 16.3. The molecule has 0 fully saturated rings. The lowest BCUT2D eigenvalue weighted by atomic mass is 10.3. The van der Waals surface area contributed by atoms with Crippen molar-refractivity contribution in [1.82, 2.24) is 20.2 Å². The Labute approximate surface area is 173 Å². The van der Waals surface area contributed by atoms with Gasteiger partial charge in [0, 0.05) is 23.3 Å². The number of nitrogens with one attached hydrogen (secondary N) is 2. The molecule has 0 unspecified atom stereocenters. The highest BCUT2D eigenvalue weighted by molar-refractivity contribution is 7.09. The molecule has 3 aromatic rings. The zero-order chi connectivity index (χ0) is 20.6. The van der Waals surface area contributed by atoms with Gasteiger partial charge in [0.25, 0.3) is 5.91 Å². The second kappa shape index (κ2) is 9.79. The lowest BCUT2D eigenvalue weighted by Crippen LogP contribution is -2.39. The van der Waals surface area contributed by atoms with Crippen molar-refractivity contribution in [2.24, 2.45) is 0 Å². The molecule has 2 heterocycles. The first-order valence-electron chi connectivity index (χ1n) is 9.28. The Hall–Kier alpha value is -3.26. The molecule has 150 valence electrons. The van der Waals surface area contributed by atoms with Gasteiger partial charge >= 0.3 is 6.03 Å². The number of benzene rings is 1. The van der Waals surface area contributed by atoms with Crippen molar-refractivity contribution >= 4 is 29.0 Å². The van der Waals surface area contributed by atoms with Crippen molar-refractivity contribution in [3.8, 4) is 0 Å². The third kappa shape index (κ3) is 5.86. The fourth-order valence-electron chi connectivity index (χ4n) is 2.60. The van der Waals surface area contributed by atoms with Gasteiger partial charge in [0.1, 0.15) is 10.7 Å². The van der Waals surface area contributed by atoms with Gasteiger partial charge in [0.05, 0.1) is 18.8 Å². The van der Waals surface area contributed by atoms with Gasteiger partial charge in [-0.15, -0.1) is 11.3 Å². The second-order valence-electron chi connectivity index (χ2n) is 6.65. The number of amides is 3. The summed E-state index contributed by atoms with van der Waals surface area (Å²) >= 11 is 1.36. The number of nitrogens with zero attached hydrogens (tertiary/aromatic N) is 3. The molecule has 8 heteroatoms. The quantitative estimate of drug-likeness (QED) is 0.619. The maximum atomic E-state index is 12.7. The summed E-state index contributed by atoms with van der Waals surface area (Å²) in [6, 6.07) is 14.6. The summed E-state index contributed by atoms with van der Waals surface area (Å²) in [6.07, 6.45) is 1.68. The summed E-state index contributed by atoms with van der Waals surface area (Å²) in [5.74, 6) is -0.261. The third-order valence-corrected chi connectivity index (χ3v) is 4.99. The van der Waals surface area contributed by atoms with Gasteiger partial charge in [-0.3, -0.25) is 9.78 Å². The molecule has 0 aliphatic carbocycles. The fraction of sp³-hybridized carbons (Fsp3) is 0.238. The highest BCUT2D eigenvalue weighted by Crippen LogP contribution is 2.16. The molecular weight excluding hydrogens is 386 g/mol. The first-order valence-corrected chi connectivity index (χ1v) is 10.2. The number of pyridine rings is 1. The van der Waals surface area contributed by atoms with Crippen LogP contribution in [-0.4, -0.2) is 32.8 Å². The number of hydrogen-bond acceptors (Lipinski definition) is 5. The molecular formula is C21H23N5O2S.